The Labute approximate surface area is 309 Å². The van der Waals surface area contributed by atoms with Gasteiger partial charge >= 0.3 is 0 Å². The second-order valence-corrected chi connectivity index (χ2v) is 13.5. The molecule has 0 aliphatic carbocycles. The molecule has 0 aliphatic heterocycles. The average molecular weight is 692 g/mol. The maximum atomic E-state index is 6.64. The van der Waals surface area contributed by atoms with Gasteiger partial charge in [-0.05, 0) is 51.9 Å². The third-order valence-corrected chi connectivity index (χ3v) is 10.4. The van der Waals surface area contributed by atoms with Crippen LogP contribution in [0, 0.1) is 0 Å². The van der Waals surface area contributed by atoms with E-state index in [9.17, 15) is 0 Å². The van der Waals surface area contributed by atoms with Crippen LogP contribution in [0.2, 0.25) is 0 Å². The van der Waals surface area contributed by atoms with Crippen LogP contribution in [-0.4, -0.2) is 15.0 Å². The quantitative estimate of drug-likeness (QED) is 0.180. The van der Waals surface area contributed by atoms with Crippen LogP contribution < -0.4 is 0 Å². The zero-order valence-corrected chi connectivity index (χ0v) is 28.9. The number of hydrogen-bond acceptors (Lipinski definition) is 5. The van der Waals surface area contributed by atoms with Crippen LogP contribution in [0.15, 0.2) is 185 Å². The third kappa shape index (κ3) is 4.83. The lowest BCUT2D eigenvalue weighted by Gasteiger charge is -2.12. The number of aromatic nitrogens is 3. The van der Waals surface area contributed by atoms with E-state index in [2.05, 4.69) is 103 Å². The third-order valence-electron chi connectivity index (χ3n) is 10.4. The number of fused-ring (bicyclic) bond motifs is 8. The molecule has 0 saturated heterocycles. The first-order valence-electron chi connectivity index (χ1n) is 18.0. The zero-order chi connectivity index (χ0) is 35.6. The van der Waals surface area contributed by atoms with Gasteiger partial charge in [0.05, 0.1) is 0 Å². The summed E-state index contributed by atoms with van der Waals surface area (Å²) in [5, 5.41) is 6.44. The van der Waals surface area contributed by atoms with Crippen molar-refractivity contribution in [3.05, 3.63) is 176 Å². The lowest BCUT2D eigenvalue weighted by molar-refractivity contribution is 0.669. The molecule has 0 spiro atoms. The Kier molecular flexibility index (Phi) is 6.79. The van der Waals surface area contributed by atoms with Crippen LogP contribution in [0.1, 0.15) is 0 Å². The van der Waals surface area contributed by atoms with Crippen molar-refractivity contribution in [3.63, 3.8) is 0 Å². The molecular weight excluding hydrogens is 663 g/mol. The Bertz CT molecular complexity index is 3200. The number of benzene rings is 8. The molecule has 0 radical (unpaired) electrons. The fourth-order valence-corrected chi connectivity index (χ4v) is 7.84. The summed E-state index contributed by atoms with van der Waals surface area (Å²) in [4.78, 5) is 15.2. The Morgan fingerprint density at radius 3 is 1.54 bits per heavy atom. The van der Waals surface area contributed by atoms with Crippen molar-refractivity contribution < 1.29 is 8.83 Å². The molecule has 11 rings (SSSR count). The lowest BCUT2D eigenvalue weighted by atomic mass is 9.91. The summed E-state index contributed by atoms with van der Waals surface area (Å²) in [5.41, 5.74) is 10.6. The van der Waals surface area contributed by atoms with Crippen LogP contribution in [0.5, 0.6) is 0 Å². The monoisotopic (exact) mass is 691 g/mol. The van der Waals surface area contributed by atoms with Gasteiger partial charge in [0.1, 0.15) is 22.3 Å². The number of nitrogens with zero attached hydrogens (tertiary/aromatic N) is 3. The highest BCUT2D eigenvalue weighted by Crippen LogP contribution is 2.44. The average Bonchev–Trinajstić information content (AvgIpc) is 3.83. The fourth-order valence-electron chi connectivity index (χ4n) is 7.84. The van der Waals surface area contributed by atoms with Gasteiger partial charge in [-0.3, -0.25) is 0 Å². The molecule has 0 fully saturated rings. The van der Waals surface area contributed by atoms with Gasteiger partial charge < -0.3 is 8.83 Å². The molecule has 252 valence electrons. The molecule has 3 heterocycles. The number of para-hydroxylation sites is 2. The van der Waals surface area contributed by atoms with Crippen molar-refractivity contribution in [3.8, 4) is 56.4 Å². The van der Waals surface area contributed by atoms with E-state index < -0.39 is 0 Å². The second kappa shape index (κ2) is 12.1. The molecule has 0 atom stereocenters. The van der Waals surface area contributed by atoms with Crippen molar-refractivity contribution in [2.24, 2.45) is 0 Å². The molecule has 0 saturated carbocycles. The molecular formula is C49H29N3O2. The van der Waals surface area contributed by atoms with E-state index in [0.29, 0.717) is 17.5 Å². The maximum Gasteiger partial charge on any atom is 0.164 e. The van der Waals surface area contributed by atoms with Gasteiger partial charge in [-0.1, -0.05) is 152 Å². The van der Waals surface area contributed by atoms with Crippen molar-refractivity contribution in [2.75, 3.05) is 0 Å². The highest BCUT2D eigenvalue weighted by molar-refractivity contribution is 6.23. The topological polar surface area (TPSA) is 65.0 Å². The molecule has 0 aliphatic rings. The van der Waals surface area contributed by atoms with Gasteiger partial charge in [-0.2, -0.15) is 0 Å². The van der Waals surface area contributed by atoms with Crippen molar-refractivity contribution in [1.82, 2.24) is 15.0 Å². The van der Waals surface area contributed by atoms with E-state index in [-0.39, 0.29) is 0 Å². The molecule has 3 aromatic heterocycles. The highest BCUT2D eigenvalue weighted by Gasteiger charge is 2.20. The molecule has 0 N–H and O–H groups in total. The number of rotatable bonds is 5. The van der Waals surface area contributed by atoms with Gasteiger partial charge in [0, 0.05) is 43.6 Å². The largest absolute Gasteiger partial charge is 0.456 e. The van der Waals surface area contributed by atoms with Crippen LogP contribution in [0.3, 0.4) is 0 Å². The molecule has 0 bridgehead atoms. The highest BCUT2D eigenvalue weighted by atomic mass is 16.3. The summed E-state index contributed by atoms with van der Waals surface area (Å²) in [5.74, 6) is 1.80. The molecule has 54 heavy (non-hydrogen) atoms. The summed E-state index contributed by atoms with van der Waals surface area (Å²) in [6.45, 7) is 0. The zero-order valence-electron chi connectivity index (χ0n) is 28.9. The minimum atomic E-state index is 0.592. The first kappa shape index (κ1) is 30.3. The molecule has 5 nitrogen and oxygen atoms in total. The van der Waals surface area contributed by atoms with Crippen LogP contribution in [-0.2, 0) is 0 Å². The van der Waals surface area contributed by atoms with Gasteiger partial charge in [-0.15, -0.1) is 0 Å². The van der Waals surface area contributed by atoms with Crippen LogP contribution in [0.25, 0.3) is 111 Å². The Balaban J connectivity index is 1.10. The number of furan rings is 2. The van der Waals surface area contributed by atoms with Crippen molar-refractivity contribution >= 4 is 54.6 Å². The standard InChI is InChI=1S/C49H29N3O2/c1-3-13-30(14-4-1)34-19-11-20-35-40(34)29-39(45-37-18-8-10-23-42(37)54-46(35)45)31-25-27-33(28-26-31)48-50-47(32-15-5-2-6-16-32)51-49(52-48)38-21-12-24-43-44(38)36-17-7-9-22-41(36)53-43/h1-29H. The smallest absolute Gasteiger partial charge is 0.164 e. The molecule has 8 aromatic carbocycles. The Morgan fingerprint density at radius 1 is 0.296 bits per heavy atom. The van der Waals surface area contributed by atoms with E-state index in [1.807, 2.05) is 72.8 Å². The second-order valence-electron chi connectivity index (χ2n) is 13.5. The summed E-state index contributed by atoms with van der Waals surface area (Å²) in [7, 11) is 0. The van der Waals surface area contributed by atoms with Crippen molar-refractivity contribution in [1.29, 1.82) is 0 Å². The summed E-state index contributed by atoms with van der Waals surface area (Å²) in [6, 6.07) is 60.4. The van der Waals surface area contributed by atoms with E-state index in [1.54, 1.807) is 0 Å². The van der Waals surface area contributed by atoms with Gasteiger partial charge in [-0.25, -0.2) is 15.0 Å². The van der Waals surface area contributed by atoms with E-state index in [4.69, 9.17) is 23.8 Å². The van der Waals surface area contributed by atoms with Crippen molar-refractivity contribution in [2.45, 2.75) is 0 Å². The number of hydrogen-bond donors (Lipinski definition) is 0. The van der Waals surface area contributed by atoms with Gasteiger partial charge in [0.15, 0.2) is 17.5 Å². The SMILES string of the molecule is c1ccc(-c2nc(-c3ccc(-c4cc5c(-c6ccccc6)cccc5c5oc6ccccc6c45)cc3)nc(-c3cccc4oc5ccccc5c34)n2)cc1. The molecule has 11 aromatic rings. The first-order valence-corrected chi connectivity index (χ1v) is 18.0. The van der Waals surface area contributed by atoms with Crippen LogP contribution >= 0.6 is 0 Å². The van der Waals surface area contributed by atoms with Gasteiger partial charge in [0.25, 0.3) is 0 Å². The maximum absolute atomic E-state index is 6.64. The summed E-state index contributed by atoms with van der Waals surface area (Å²) < 4.78 is 12.9. The summed E-state index contributed by atoms with van der Waals surface area (Å²) in [6.07, 6.45) is 0. The normalized spacial score (nSPS) is 11.7. The van der Waals surface area contributed by atoms with E-state index >= 15 is 0 Å². The molecule has 5 heteroatoms. The predicted octanol–water partition coefficient (Wildman–Crippen LogP) is 13.2. The summed E-state index contributed by atoms with van der Waals surface area (Å²) >= 11 is 0. The lowest BCUT2D eigenvalue weighted by Crippen LogP contribution is -2.00. The van der Waals surface area contributed by atoms with E-state index in [1.165, 1.54) is 11.1 Å². The Morgan fingerprint density at radius 2 is 0.796 bits per heavy atom. The van der Waals surface area contributed by atoms with E-state index in [0.717, 1.165) is 82.5 Å². The molecule has 0 unspecified atom stereocenters. The Hall–Kier alpha value is -7.37. The fraction of sp³-hybridized carbons (Fsp3) is 0. The minimum absolute atomic E-state index is 0.592. The first-order chi connectivity index (χ1) is 26.8. The van der Waals surface area contributed by atoms with Gasteiger partial charge in [0.2, 0.25) is 0 Å². The predicted molar refractivity (Wildman–Crippen MR) is 219 cm³/mol. The minimum Gasteiger partial charge on any atom is -0.456 e. The van der Waals surface area contributed by atoms with Crippen LogP contribution in [0.4, 0.5) is 0 Å². The molecule has 0 amide bonds.